The van der Waals surface area contributed by atoms with Gasteiger partial charge in [-0.3, -0.25) is 0 Å². The number of rotatable bonds is 5. The van der Waals surface area contributed by atoms with Crippen LogP contribution in [0.25, 0.3) is 0 Å². The Hall–Kier alpha value is -0.980. The molecular formula is C13H23N3O2S. The summed E-state index contributed by atoms with van der Waals surface area (Å²) < 4.78 is 14.6. The fourth-order valence-corrected chi connectivity index (χ4v) is 2.19. The first-order chi connectivity index (χ1) is 8.75. The number of hydrogen-bond acceptors (Lipinski definition) is 4. The number of anilines is 1. The van der Waals surface area contributed by atoms with Gasteiger partial charge in [-0.05, 0) is 32.9 Å². The third-order valence-electron chi connectivity index (χ3n) is 2.56. The number of nitrogens with one attached hydrogen (secondary N) is 1. The lowest BCUT2D eigenvalue weighted by Gasteiger charge is -2.23. The van der Waals surface area contributed by atoms with Gasteiger partial charge in [0.25, 0.3) is 0 Å². The summed E-state index contributed by atoms with van der Waals surface area (Å²) in [5.41, 5.74) is 0.686. The third kappa shape index (κ3) is 4.56. The largest absolute Gasteiger partial charge is 0.394 e. The second kappa shape index (κ2) is 6.45. The summed E-state index contributed by atoms with van der Waals surface area (Å²) >= 11 is 0. The lowest BCUT2D eigenvalue weighted by Crippen LogP contribution is -2.37. The van der Waals surface area contributed by atoms with E-state index in [9.17, 15) is 9.32 Å². The summed E-state index contributed by atoms with van der Waals surface area (Å²) in [6.07, 6.45) is 0. The van der Waals surface area contributed by atoms with E-state index in [0.717, 1.165) is 5.82 Å². The van der Waals surface area contributed by atoms with Crippen molar-refractivity contribution in [3.63, 3.8) is 0 Å². The highest BCUT2D eigenvalue weighted by Gasteiger charge is 2.24. The van der Waals surface area contributed by atoms with Crippen LogP contribution < -0.4 is 9.62 Å². The van der Waals surface area contributed by atoms with Crippen molar-refractivity contribution >= 4 is 16.8 Å². The maximum Gasteiger partial charge on any atom is 0.128 e. The Morgan fingerprint density at radius 3 is 2.53 bits per heavy atom. The summed E-state index contributed by atoms with van der Waals surface area (Å²) in [5, 5.41) is 9.47. The molecule has 0 fully saturated rings. The van der Waals surface area contributed by atoms with Gasteiger partial charge in [-0.15, -0.1) is 0 Å². The van der Waals surface area contributed by atoms with Crippen molar-refractivity contribution < 1.29 is 9.32 Å². The van der Waals surface area contributed by atoms with Gasteiger partial charge in [0.15, 0.2) is 0 Å². The summed E-state index contributed by atoms with van der Waals surface area (Å²) in [4.78, 5) is 6.34. The highest BCUT2D eigenvalue weighted by atomic mass is 32.2. The Balaban J connectivity index is 2.92. The van der Waals surface area contributed by atoms with Crippen molar-refractivity contribution in [2.24, 2.45) is 0 Å². The molecule has 108 valence electrons. The normalized spacial score (nSPS) is 15.1. The van der Waals surface area contributed by atoms with Crippen molar-refractivity contribution in [1.29, 1.82) is 0 Å². The van der Waals surface area contributed by atoms with Crippen LogP contribution in [0.15, 0.2) is 18.2 Å². The van der Waals surface area contributed by atoms with Gasteiger partial charge >= 0.3 is 0 Å². The summed E-state index contributed by atoms with van der Waals surface area (Å²) in [7, 11) is 2.56. The number of nitrogens with zero attached hydrogens (tertiary/aromatic N) is 2. The van der Waals surface area contributed by atoms with Crippen LogP contribution in [-0.4, -0.2) is 39.7 Å². The molecule has 0 saturated heterocycles. The van der Waals surface area contributed by atoms with Crippen molar-refractivity contribution in [1.82, 2.24) is 9.71 Å². The first-order valence-corrected chi connectivity index (χ1v) is 7.34. The lowest BCUT2D eigenvalue weighted by molar-refractivity contribution is 0.257. The molecule has 1 heterocycles. The van der Waals surface area contributed by atoms with Gasteiger partial charge < -0.3 is 10.0 Å². The van der Waals surface area contributed by atoms with Gasteiger partial charge in [-0.1, -0.05) is 6.07 Å². The van der Waals surface area contributed by atoms with Crippen molar-refractivity contribution in [2.45, 2.75) is 31.6 Å². The maximum absolute atomic E-state index is 12.1. The number of pyridine rings is 1. The molecule has 1 unspecified atom stereocenters. The maximum atomic E-state index is 12.1. The van der Waals surface area contributed by atoms with E-state index in [1.54, 1.807) is 0 Å². The first-order valence-electron chi connectivity index (χ1n) is 6.19. The predicted molar refractivity (Wildman–Crippen MR) is 79.4 cm³/mol. The molecule has 0 saturated carbocycles. The fourth-order valence-electron chi connectivity index (χ4n) is 1.38. The van der Waals surface area contributed by atoms with Gasteiger partial charge in [0.2, 0.25) is 0 Å². The molecule has 0 aliphatic rings. The Labute approximate surface area is 117 Å². The van der Waals surface area contributed by atoms with Crippen molar-refractivity contribution in [3.8, 4) is 0 Å². The molecule has 0 aromatic carbocycles. The Morgan fingerprint density at radius 2 is 2.05 bits per heavy atom. The molecule has 5 nitrogen and oxygen atoms in total. The molecule has 0 aliphatic heterocycles. The molecule has 2 N–H and O–H groups in total. The van der Waals surface area contributed by atoms with Crippen LogP contribution in [0, 0.1) is 0 Å². The zero-order valence-corrected chi connectivity index (χ0v) is 13.0. The monoisotopic (exact) mass is 285 g/mol. The third-order valence-corrected chi connectivity index (χ3v) is 4.17. The number of aromatic nitrogens is 1. The van der Waals surface area contributed by atoms with Crippen LogP contribution in [-0.2, 0) is 11.0 Å². The van der Waals surface area contributed by atoms with E-state index in [1.807, 2.05) is 58.0 Å². The molecule has 0 amide bonds. The van der Waals surface area contributed by atoms with Crippen LogP contribution in [0.1, 0.15) is 32.5 Å². The van der Waals surface area contributed by atoms with Crippen LogP contribution in [0.4, 0.5) is 5.82 Å². The highest BCUT2D eigenvalue weighted by molar-refractivity contribution is 7.84. The van der Waals surface area contributed by atoms with Gasteiger partial charge in [0, 0.05) is 14.1 Å². The smallest absolute Gasteiger partial charge is 0.128 e. The zero-order chi connectivity index (χ0) is 14.6. The predicted octanol–water partition coefficient (Wildman–Crippen LogP) is 1.23. The molecule has 0 radical (unpaired) electrons. The van der Waals surface area contributed by atoms with Crippen LogP contribution in [0.2, 0.25) is 0 Å². The molecule has 19 heavy (non-hydrogen) atoms. The van der Waals surface area contributed by atoms with E-state index in [-0.39, 0.29) is 11.4 Å². The van der Waals surface area contributed by atoms with Gasteiger partial charge in [-0.2, -0.15) is 0 Å². The number of aliphatic hydroxyl groups is 1. The molecular weight excluding hydrogens is 262 g/mol. The average molecular weight is 285 g/mol. The highest BCUT2D eigenvalue weighted by Crippen LogP contribution is 2.18. The van der Waals surface area contributed by atoms with E-state index in [2.05, 4.69) is 9.71 Å². The lowest BCUT2D eigenvalue weighted by atomic mass is 10.2. The molecule has 1 aromatic rings. The fraction of sp³-hybridized carbons (Fsp3) is 0.615. The van der Waals surface area contributed by atoms with Crippen molar-refractivity contribution in [3.05, 3.63) is 23.9 Å². The standard InChI is InChI=1S/C13H23N3O2S/c1-13(2,3)19(18)15-11(9-17)10-7-6-8-12(14-10)16(4)5/h6-8,11,15,17H,9H2,1-5H3/t11-,19?/m1/s1. The van der Waals surface area contributed by atoms with Crippen molar-refractivity contribution in [2.75, 3.05) is 25.6 Å². The topological polar surface area (TPSA) is 65.5 Å². The summed E-state index contributed by atoms with van der Waals surface area (Å²) in [5.74, 6) is 0.805. The molecule has 6 heteroatoms. The van der Waals surface area contributed by atoms with E-state index in [4.69, 9.17) is 0 Å². The molecule has 0 aliphatic carbocycles. The second-order valence-electron chi connectivity index (χ2n) is 5.55. The van der Waals surface area contributed by atoms with E-state index >= 15 is 0 Å². The van der Waals surface area contributed by atoms with Gasteiger partial charge in [0.1, 0.15) is 5.82 Å². The molecule has 1 aromatic heterocycles. The molecule has 1 rings (SSSR count). The minimum Gasteiger partial charge on any atom is -0.394 e. The number of aliphatic hydroxyl groups excluding tert-OH is 1. The average Bonchev–Trinajstić information content (AvgIpc) is 2.34. The second-order valence-corrected chi connectivity index (χ2v) is 7.55. The van der Waals surface area contributed by atoms with Crippen LogP contribution in [0.3, 0.4) is 0 Å². The minimum atomic E-state index is -1.25. The van der Waals surface area contributed by atoms with Gasteiger partial charge in [0.05, 0.1) is 34.1 Å². The van der Waals surface area contributed by atoms with E-state index in [1.165, 1.54) is 0 Å². The SMILES string of the molecule is CN(C)c1cccc([C@@H](CO)NS(=O)C(C)(C)C)n1. The zero-order valence-electron chi connectivity index (χ0n) is 12.2. The summed E-state index contributed by atoms with van der Waals surface area (Å²) in [6.45, 7) is 5.50. The molecule has 0 spiro atoms. The summed E-state index contributed by atoms with van der Waals surface area (Å²) in [6, 6.07) is 5.15. The molecule has 0 bridgehead atoms. The van der Waals surface area contributed by atoms with Crippen LogP contribution in [0.5, 0.6) is 0 Å². The first kappa shape index (κ1) is 16.1. The number of hydrogen-bond donors (Lipinski definition) is 2. The Morgan fingerprint density at radius 1 is 1.42 bits per heavy atom. The quantitative estimate of drug-likeness (QED) is 0.854. The van der Waals surface area contributed by atoms with Gasteiger partial charge in [-0.25, -0.2) is 13.9 Å². The van der Waals surface area contributed by atoms with E-state index in [0.29, 0.717) is 5.69 Å². The van der Waals surface area contributed by atoms with E-state index < -0.39 is 17.0 Å². The Bertz CT molecular complexity index is 444. The Kier molecular flexibility index (Phi) is 5.46. The minimum absolute atomic E-state index is 0.147. The molecule has 2 atom stereocenters. The van der Waals surface area contributed by atoms with Crippen LogP contribution >= 0.6 is 0 Å².